The molecule has 38 heavy (non-hydrogen) atoms. The predicted molar refractivity (Wildman–Crippen MR) is 123 cm³/mol. The summed E-state index contributed by atoms with van der Waals surface area (Å²) in [5.74, 6) is -7.56. The van der Waals surface area contributed by atoms with E-state index in [1.165, 1.54) is 6.07 Å². The molecule has 1 atom stereocenters. The molecule has 1 aliphatic rings. The van der Waals surface area contributed by atoms with Crippen LogP contribution in [-0.2, 0) is 26.9 Å². The molecule has 0 saturated carbocycles. The average molecular weight is 563 g/mol. The van der Waals surface area contributed by atoms with Crippen LogP contribution in [0.5, 0.6) is 5.88 Å². The average Bonchev–Trinajstić information content (AvgIpc) is 2.82. The number of dihydropyridines is 1. The number of nitrogens with one attached hydrogen (secondary N) is 1. The Morgan fingerprint density at radius 1 is 1.18 bits per heavy atom. The summed E-state index contributed by atoms with van der Waals surface area (Å²) in [5.41, 5.74) is 0.202. The molecule has 5 N–H and O–H groups in total. The third-order valence-electron chi connectivity index (χ3n) is 5.65. The highest BCUT2D eigenvalue weighted by molar-refractivity contribution is 6.31. The molecule has 2 aromatic rings. The number of alkyl halides is 4. The third-order valence-corrected chi connectivity index (χ3v) is 5.97. The number of aryl methyl sites for hydroxylation is 1. The van der Waals surface area contributed by atoms with Crippen molar-refractivity contribution in [3.8, 4) is 5.88 Å². The second kappa shape index (κ2) is 11.2. The molecule has 1 aromatic carbocycles. The van der Waals surface area contributed by atoms with E-state index in [1.807, 2.05) is 0 Å². The van der Waals surface area contributed by atoms with Crippen molar-refractivity contribution in [2.75, 3.05) is 19.5 Å². The number of halogens is 6. The zero-order chi connectivity index (χ0) is 28.4. The lowest BCUT2D eigenvalue weighted by atomic mass is 9.77. The first-order chi connectivity index (χ1) is 17.8. The maximum absolute atomic E-state index is 15.1. The summed E-state index contributed by atoms with van der Waals surface area (Å²) >= 11 is 5.76. The maximum atomic E-state index is 15.1. The first-order valence-electron chi connectivity index (χ1n) is 10.8. The van der Waals surface area contributed by atoms with Crippen LogP contribution in [-0.4, -0.2) is 45.9 Å². The summed E-state index contributed by atoms with van der Waals surface area (Å²) in [4.78, 5) is 32.4. The van der Waals surface area contributed by atoms with Crippen LogP contribution < -0.4 is 11.1 Å². The molecule has 0 aliphatic carbocycles. The van der Waals surface area contributed by atoms with Crippen LogP contribution in [0.3, 0.4) is 0 Å². The minimum absolute atomic E-state index is 0.0685. The molecule has 0 saturated heterocycles. The number of aromatic hydroxyl groups is 1. The number of carbonyl (C=O) groups is 2. The van der Waals surface area contributed by atoms with Gasteiger partial charge in [0.25, 0.3) is 0 Å². The van der Waals surface area contributed by atoms with Gasteiger partial charge < -0.3 is 26.0 Å². The number of esters is 1. The highest BCUT2D eigenvalue weighted by atomic mass is 35.5. The van der Waals surface area contributed by atoms with Gasteiger partial charge in [-0.15, -0.1) is 0 Å². The van der Waals surface area contributed by atoms with E-state index in [4.69, 9.17) is 17.3 Å². The number of anilines is 1. The van der Waals surface area contributed by atoms with Crippen LogP contribution in [0.4, 0.5) is 27.9 Å². The number of carboxylic acid groups (broad SMARTS) is 1. The first kappa shape index (κ1) is 28.6. The predicted octanol–water partition coefficient (Wildman–Crippen LogP) is 4.02. The van der Waals surface area contributed by atoms with Crippen LogP contribution >= 0.6 is 11.6 Å². The number of nitrogens with two attached hydrogens (primary N) is 1. The number of nitrogens with zero attached hydrogens (tertiary/aromatic N) is 2. The molecule has 15 heteroatoms. The van der Waals surface area contributed by atoms with Gasteiger partial charge >= 0.3 is 18.1 Å². The Bertz CT molecular complexity index is 1330. The zero-order valence-corrected chi connectivity index (χ0v) is 20.3. The molecule has 0 amide bonds. The molecule has 204 valence electrons. The van der Waals surface area contributed by atoms with E-state index in [9.17, 15) is 37.4 Å². The molecule has 0 spiro atoms. The number of nitrogen functional groups attached to an aromatic ring is 1. The molecule has 1 aromatic heterocycles. The molecule has 1 aliphatic heterocycles. The van der Waals surface area contributed by atoms with Crippen LogP contribution in [0.2, 0.25) is 5.02 Å². The molecule has 0 bridgehead atoms. The lowest BCUT2D eigenvalue weighted by molar-refractivity contribution is -0.140. The Morgan fingerprint density at radius 3 is 2.42 bits per heavy atom. The Morgan fingerprint density at radius 2 is 1.87 bits per heavy atom. The summed E-state index contributed by atoms with van der Waals surface area (Å²) < 4.78 is 75.9. The van der Waals surface area contributed by atoms with Gasteiger partial charge in [-0.05, 0) is 31.4 Å². The van der Waals surface area contributed by atoms with Crippen molar-refractivity contribution < 1.29 is 46.5 Å². The Hall–Kier alpha value is -3.94. The fourth-order valence-electron chi connectivity index (χ4n) is 4.22. The van der Waals surface area contributed by atoms with Gasteiger partial charge in [0.1, 0.15) is 12.5 Å². The normalized spacial score (nSPS) is 15.9. The molecular formula is C23H20ClF5N4O5. The van der Waals surface area contributed by atoms with Crippen molar-refractivity contribution in [2.24, 2.45) is 0 Å². The Kier molecular flexibility index (Phi) is 8.44. The van der Waals surface area contributed by atoms with E-state index in [0.29, 0.717) is 12.1 Å². The fourth-order valence-corrected chi connectivity index (χ4v) is 4.49. The number of benzene rings is 1. The van der Waals surface area contributed by atoms with Gasteiger partial charge in [-0.1, -0.05) is 11.6 Å². The fraction of sp³-hybridized carbons (Fsp3) is 0.304. The number of allylic oxidation sites excluding steroid dienone is 2. The van der Waals surface area contributed by atoms with Gasteiger partial charge in [0.05, 0.1) is 40.5 Å². The van der Waals surface area contributed by atoms with E-state index >= 15 is 4.39 Å². The van der Waals surface area contributed by atoms with Crippen molar-refractivity contribution in [2.45, 2.75) is 31.4 Å². The lowest BCUT2D eigenvalue weighted by Crippen LogP contribution is -2.35. The molecule has 1 unspecified atom stereocenters. The summed E-state index contributed by atoms with van der Waals surface area (Å²) in [7, 11) is 0.851. The SMILES string of the molecule is COC(=O)C1=C(CF)NC(CCCc2cc(O)nc(N)n2)=C(C(=O)O)C1c1c(F)ccc(Cl)c1C(F)(F)F. The number of rotatable bonds is 8. The van der Waals surface area contributed by atoms with Gasteiger partial charge in [0.15, 0.2) is 0 Å². The summed E-state index contributed by atoms with van der Waals surface area (Å²) in [5, 5.41) is 21.1. The zero-order valence-electron chi connectivity index (χ0n) is 19.5. The van der Waals surface area contributed by atoms with E-state index < -0.39 is 75.4 Å². The van der Waals surface area contributed by atoms with Gasteiger partial charge in [0, 0.05) is 23.0 Å². The van der Waals surface area contributed by atoms with Crippen LogP contribution in [0.1, 0.15) is 35.6 Å². The Labute approximate surface area is 216 Å². The third kappa shape index (κ3) is 5.79. The number of methoxy groups -OCH3 is 1. The maximum Gasteiger partial charge on any atom is 0.418 e. The van der Waals surface area contributed by atoms with E-state index in [-0.39, 0.29) is 36.6 Å². The summed E-state index contributed by atoms with van der Waals surface area (Å²) in [6, 6.07) is 2.42. The number of aliphatic carboxylic acids is 1. The molecular weight excluding hydrogens is 543 g/mol. The van der Waals surface area contributed by atoms with Crippen molar-refractivity contribution in [3.63, 3.8) is 0 Å². The number of hydrogen-bond donors (Lipinski definition) is 4. The van der Waals surface area contributed by atoms with Crippen molar-refractivity contribution >= 4 is 29.5 Å². The number of carbonyl (C=O) groups excluding carboxylic acids is 1. The van der Waals surface area contributed by atoms with Gasteiger partial charge in [-0.25, -0.2) is 23.4 Å². The van der Waals surface area contributed by atoms with E-state index in [0.717, 1.165) is 7.11 Å². The van der Waals surface area contributed by atoms with E-state index in [2.05, 4.69) is 20.0 Å². The highest BCUT2D eigenvalue weighted by Crippen LogP contribution is 2.48. The number of hydrogen-bond acceptors (Lipinski definition) is 8. The minimum atomic E-state index is -5.27. The molecule has 0 radical (unpaired) electrons. The second-order valence-electron chi connectivity index (χ2n) is 8.02. The van der Waals surface area contributed by atoms with Crippen LogP contribution in [0, 0.1) is 5.82 Å². The number of aromatic nitrogens is 2. The first-order valence-corrected chi connectivity index (χ1v) is 11.2. The standard InChI is InChI=1S/C23H20ClF5N4O5/c1-38-21(37)17-13(8-25)32-12(4-2-3-9-7-14(34)33-22(30)31-9)16(20(35)36)18(17)15-11(26)6-5-10(24)19(15)23(27,28)29/h5-7,18,32H,2-4,8H2,1H3,(H,35,36)(H3,30,31,33,34). The van der Waals surface area contributed by atoms with Crippen LogP contribution in [0.15, 0.2) is 40.7 Å². The molecule has 9 nitrogen and oxygen atoms in total. The monoisotopic (exact) mass is 562 g/mol. The molecule has 3 rings (SSSR count). The quantitative estimate of drug-likeness (QED) is 0.276. The highest BCUT2D eigenvalue weighted by Gasteiger charge is 2.46. The molecule has 0 fully saturated rings. The van der Waals surface area contributed by atoms with E-state index in [1.54, 1.807) is 0 Å². The Balaban J connectivity index is 2.22. The number of carboxylic acids is 1. The second-order valence-corrected chi connectivity index (χ2v) is 8.42. The van der Waals surface area contributed by atoms with Gasteiger partial charge in [-0.2, -0.15) is 18.2 Å². The van der Waals surface area contributed by atoms with Gasteiger partial charge in [0.2, 0.25) is 11.8 Å². The largest absolute Gasteiger partial charge is 0.493 e. The van der Waals surface area contributed by atoms with Crippen molar-refractivity contribution in [3.05, 3.63) is 68.4 Å². The smallest absolute Gasteiger partial charge is 0.418 e. The van der Waals surface area contributed by atoms with Crippen molar-refractivity contribution in [1.29, 1.82) is 0 Å². The van der Waals surface area contributed by atoms with Crippen LogP contribution in [0.25, 0.3) is 0 Å². The summed E-state index contributed by atoms with van der Waals surface area (Å²) in [6.45, 7) is -1.45. The molecule has 2 heterocycles. The topological polar surface area (TPSA) is 148 Å². The summed E-state index contributed by atoms with van der Waals surface area (Å²) in [6.07, 6.45) is -5.33. The van der Waals surface area contributed by atoms with Crippen molar-refractivity contribution in [1.82, 2.24) is 15.3 Å². The lowest BCUT2D eigenvalue weighted by Gasteiger charge is -2.32. The minimum Gasteiger partial charge on any atom is -0.493 e. The number of ether oxygens (including phenoxy) is 1. The van der Waals surface area contributed by atoms with Gasteiger partial charge in [-0.3, -0.25) is 0 Å².